The summed E-state index contributed by atoms with van der Waals surface area (Å²) in [6.07, 6.45) is 3.19. The third-order valence-electron chi connectivity index (χ3n) is 4.92. The molecule has 1 rings (SSSR count). The van der Waals surface area contributed by atoms with Gasteiger partial charge in [0.2, 0.25) is 0 Å². The lowest BCUT2D eigenvalue weighted by molar-refractivity contribution is -0.152. The van der Waals surface area contributed by atoms with E-state index >= 15 is 0 Å². The van der Waals surface area contributed by atoms with Gasteiger partial charge in [0.15, 0.2) is 5.78 Å². The predicted molar refractivity (Wildman–Crippen MR) is 104 cm³/mol. The number of methoxy groups -OCH3 is 1. The van der Waals surface area contributed by atoms with Crippen LogP contribution in [-0.4, -0.2) is 29.6 Å². The molecule has 0 aliphatic carbocycles. The van der Waals surface area contributed by atoms with Gasteiger partial charge < -0.3 is 15.6 Å². The first-order valence-corrected chi connectivity index (χ1v) is 9.50. The van der Waals surface area contributed by atoms with Crippen molar-refractivity contribution >= 4 is 17.4 Å². The first-order chi connectivity index (χ1) is 12.3. The minimum Gasteiger partial charge on any atom is -0.468 e. The second-order valence-corrected chi connectivity index (χ2v) is 7.05. The molecule has 0 radical (unpaired) electrons. The average Bonchev–Trinajstić information content (AvgIpc) is 2.58. The van der Waals surface area contributed by atoms with Crippen LogP contribution in [0.4, 0.5) is 5.69 Å². The summed E-state index contributed by atoms with van der Waals surface area (Å²) in [6.45, 7) is 5.89. The summed E-state index contributed by atoms with van der Waals surface area (Å²) in [5.74, 6) is -2.09. The van der Waals surface area contributed by atoms with Crippen LogP contribution in [0, 0.1) is 5.92 Å². The molecule has 1 unspecified atom stereocenters. The van der Waals surface area contributed by atoms with E-state index < -0.39 is 17.5 Å². The maximum Gasteiger partial charge on any atom is 0.316 e. The molecule has 5 nitrogen and oxygen atoms in total. The van der Waals surface area contributed by atoms with Crippen LogP contribution in [0.15, 0.2) is 24.3 Å². The molecule has 0 aliphatic heterocycles. The third kappa shape index (κ3) is 5.84. The minimum absolute atomic E-state index is 0.0345. The number of rotatable bonds is 11. The summed E-state index contributed by atoms with van der Waals surface area (Å²) in [4.78, 5) is 25.5. The van der Waals surface area contributed by atoms with E-state index in [1.165, 1.54) is 7.11 Å². The second kappa shape index (κ2) is 10.3. The number of anilines is 1. The summed E-state index contributed by atoms with van der Waals surface area (Å²) in [5, 5.41) is 10.9. The summed E-state index contributed by atoms with van der Waals surface area (Å²) in [7, 11) is 1.29. The molecule has 5 heteroatoms. The zero-order valence-corrected chi connectivity index (χ0v) is 16.5. The molecule has 3 N–H and O–H groups in total. The topological polar surface area (TPSA) is 89.6 Å². The van der Waals surface area contributed by atoms with Crippen molar-refractivity contribution in [3.05, 3.63) is 29.8 Å². The molecule has 146 valence electrons. The first-order valence-electron chi connectivity index (χ1n) is 9.50. The Hall–Kier alpha value is -1.88. The van der Waals surface area contributed by atoms with Gasteiger partial charge in [0, 0.05) is 18.0 Å². The number of benzene rings is 1. The fourth-order valence-electron chi connectivity index (χ4n) is 3.77. The lowest BCUT2D eigenvalue weighted by atomic mass is 9.77. The number of hydrogen-bond donors (Lipinski definition) is 2. The Morgan fingerprint density at radius 1 is 1.19 bits per heavy atom. The molecule has 0 aromatic heterocycles. The maximum absolute atomic E-state index is 13.1. The molecule has 0 heterocycles. The van der Waals surface area contributed by atoms with Gasteiger partial charge in [0.05, 0.1) is 12.7 Å². The molecule has 0 amide bonds. The Bertz CT molecular complexity index is 593. The number of esters is 1. The Balaban J connectivity index is 3.18. The van der Waals surface area contributed by atoms with Gasteiger partial charge in [-0.3, -0.25) is 9.59 Å². The molecule has 0 saturated heterocycles. The number of Topliss-reactive ketones (excluding diaryl/α,β-unsaturated/α-hetero) is 1. The van der Waals surface area contributed by atoms with E-state index in [2.05, 4.69) is 0 Å². The zero-order chi connectivity index (χ0) is 19.7. The SMILES string of the molecule is CCCC(O)(CCC)CC(=O)C(C(=O)OC)[C@H](CC)c1cccc(N)c1. The highest BCUT2D eigenvalue weighted by Crippen LogP contribution is 2.34. The number of nitrogens with two attached hydrogens (primary N) is 1. The van der Waals surface area contributed by atoms with Crippen LogP contribution in [-0.2, 0) is 14.3 Å². The number of ketones is 1. The van der Waals surface area contributed by atoms with Crippen molar-refractivity contribution in [3.63, 3.8) is 0 Å². The highest BCUT2D eigenvalue weighted by molar-refractivity contribution is 6.00. The van der Waals surface area contributed by atoms with Crippen molar-refractivity contribution in [2.45, 2.75) is 70.8 Å². The molecular weight excluding hydrogens is 330 g/mol. The maximum atomic E-state index is 13.1. The van der Waals surface area contributed by atoms with Gasteiger partial charge >= 0.3 is 5.97 Å². The largest absolute Gasteiger partial charge is 0.468 e. The smallest absolute Gasteiger partial charge is 0.316 e. The van der Waals surface area contributed by atoms with E-state index in [9.17, 15) is 14.7 Å². The van der Waals surface area contributed by atoms with Gasteiger partial charge in [0.25, 0.3) is 0 Å². The standard InChI is InChI=1S/C21H33NO4/c1-5-11-21(25,12-6-2)14-18(23)19(20(24)26-4)17(7-3)15-9-8-10-16(22)13-15/h8-10,13,17,19,25H,5-7,11-12,14,22H2,1-4H3/t17-,19?/m1/s1. The summed E-state index contributed by atoms with van der Waals surface area (Å²) in [6, 6.07) is 7.25. The van der Waals surface area contributed by atoms with Crippen molar-refractivity contribution in [1.82, 2.24) is 0 Å². The van der Waals surface area contributed by atoms with Crippen LogP contribution in [0.3, 0.4) is 0 Å². The number of nitrogen functional groups attached to an aromatic ring is 1. The van der Waals surface area contributed by atoms with Crippen LogP contribution in [0.5, 0.6) is 0 Å². The van der Waals surface area contributed by atoms with Gasteiger partial charge in [-0.25, -0.2) is 0 Å². The van der Waals surface area contributed by atoms with Crippen LogP contribution in [0.1, 0.15) is 70.8 Å². The van der Waals surface area contributed by atoms with Crippen molar-refractivity contribution in [3.8, 4) is 0 Å². The van der Waals surface area contributed by atoms with E-state index in [1.807, 2.05) is 32.9 Å². The van der Waals surface area contributed by atoms with E-state index in [0.29, 0.717) is 24.9 Å². The van der Waals surface area contributed by atoms with Gasteiger partial charge in [-0.05, 0) is 37.0 Å². The fraction of sp³-hybridized carbons (Fsp3) is 0.619. The lowest BCUT2D eigenvalue weighted by Gasteiger charge is -2.30. The molecule has 0 fully saturated rings. The van der Waals surface area contributed by atoms with Crippen molar-refractivity contribution in [2.75, 3.05) is 12.8 Å². The molecule has 2 atom stereocenters. The van der Waals surface area contributed by atoms with E-state index in [1.54, 1.807) is 12.1 Å². The molecule has 1 aromatic carbocycles. The van der Waals surface area contributed by atoms with Gasteiger partial charge in [-0.1, -0.05) is 45.7 Å². The Kier molecular flexibility index (Phi) is 8.79. The molecule has 0 saturated carbocycles. The number of carbonyl (C=O) groups is 2. The van der Waals surface area contributed by atoms with Gasteiger partial charge in [-0.15, -0.1) is 0 Å². The normalized spacial score (nSPS) is 13.9. The average molecular weight is 363 g/mol. The number of carbonyl (C=O) groups excluding carboxylic acids is 2. The molecule has 0 spiro atoms. The Morgan fingerprint density at radius 2 is 1.81 bits per heavy atom. The van der Waals surface area contributed by atoms with Crippen LogP contribution >= 0.6 is 0 Å². The van der Waals surface area contributed by atoms with Gasteiger partial charge in [0.1, 0.15) is 5.92 Å². The predicted octanol–water partition coefficient (Wildman–Crippen LogP) is 3.84. The van der Waals surface area contributed by atoms with Crippen LogP contribution in [0.25, 0.3) is 0 Å². The molecular formula is C21H33NO4. The summed E-state index contributed by atoms with van der Waals surface area (Å²) in [5.41, 5.74) is 6.23. The number of ether oxygens (including phenoxy) is 1. The van der Waals surface area contributed by atoms with Gasteiger partial charge in [-0.2, -0.15) is 0 Å². The van der Waals surface area contributed by atoms with Crippen LogP contribution in [0.2, 0.25) is 0 Å². The van der Waals surface area contributed by atoms with Crippen molar-refractivity contribution < 1.29 is 19.4 Å². The summed E-state index contributed by atoms with van der Waals surface area (Å²) >= 11 is 0. The van der Waals surface area contributed by atoms with E-state index in [0.717, 1.165) is 18.4 Å². The molecule has 26 heavy (non-hydrogen) atoms. The fourth-order valence-corrected chi connectivity index (χ4v) is 3.77. The zero-order valence-electron chi connectivity index (χ0n) is 16.5. The van der Waals surface area contributed by atoms with Crippen LogP contribution < -0.4 is 5.73 Å². The number of hydrogen-bond acceptors (Lipinski definition) is 5. The molecule has 0 bridgehead atoms. The lowest BCUT2D eigenvalue weighted by Crippen LogP contribution is -2.38. The molecule has 1 aromatic rings. The first kappa shape index (κ1) is 22.2. The monoisotopic (exact) mass is 363 g/mol. The van der Waals surface area contributed by atoms with Crippen molar-refractivity contribution in [1.29, 1.82) is 0 Å². The minimum atomic E-state index is -1.07. The highest BCUT2D eigenvalue weighted by Gasteiger charge is 2.39. The molecule has 0 aliphatic rings. The highest BCUT2D eigenvalue weighted by atomic mass is 16.5. The Morgan fingerprint density at radius 3 is 2.27 bits per heavy atom. The Labute approximate surface area is 156 Å². The van der Waals surface area contributed by atoms with E-state index in [-0.39, 0.29) is 18.1 Å². The van der Waals surface area contributed by atoms with Crippen molar-refractivity contribution in [2.24, 2.45) is 5.92 Å². The quantitative estimate of drug-likeness (QED) is 0.354. The second-order valence-electron chi connectivity index (χ2n) is 7.05. The third-order valence-corrected chi connectivity index (χ3v) is 4.92. The summed E-state index contributed by atoms with van der Waals surface area (Å²) < 4.78 is 4.93. The van der Waals surface area contributed by atoms with E-state index in [4.69, 9.17) is 10.5 Å². The number of aliphatic hydroxyl groups is 1.